The Morgan fingerprint density at radius 3 is 2.39 bits per heavy atom. The van der Waals surface area contributed by atoms with Gasteiger partial charge in [0.15, 0.2) is 0 Å². The topological polar surface area (TPSA) is 76.5 Å². The van der Waals surface area contributed by atoms with E-state index in [1.54, 1.807) is 47.9 Å². The van der Waals surface area contributed by atoms with Crippen LogP contribution in [-0.2, 0) is 23.3 Å². The van der Waals surface area contributed by atoms with Crippen LogP contribution < -0.4 is 15.0 Å². The zero-order valence-corrected chi connectivity index (χ0v) is 19.8. The van der Waals surface area contributed by atoms with Gasteiger partial charge < -0.3 is 10.1 Å². The first-order valence-electron chi connectivity index (χ1n) is 11.0. The number of ether oxygens (including phenoxy) is 1. The van der Waals surface area contributed by atoms with Crippen molar-refractivity contribution < 1.29 is 14.3 Å². The number of anilines is 1. The summed E-state index contributed by atoms with van der Waals surface area (Å²) >= 11 is 0. The van der Waals surface area contributed by atoms with Gasteiger partial charge in [-0.05, 0) is 42.8 Å². The average molecular weight is 447 g/mol. The van der Waals surface area contributed by atoms with Gasteiger partial charge in [-0.3, -0.25) is 19.2 Å². The second-order valence-electron chi connectivity index (χ2n) is 9.60. The van der Waals surface area contributed by atoms with Crippen molar-refractivity contribution in [2.75, 3.05) is 12.0 Å². The summed E-state index contributed by atoms with van der Waals surface area (Å²) in [7, 11) is 1.59. The van der Waals surface area contributed by atoms with Gasteiger partial charge in [-0.1, -0.05) is 51.1 Å². The molecule has 0 fully saturated rings. The largest absolute Gasteiger partial charge is 0.497 e. The number of hydrogen-bond donors (Lipinski definition) is 1. The summed E-state index contributed by atoms with van der Waals surface area (Å²) in [6.07, 6.45) is 0. The molecule has 7 nitrogen and oxygen atoms in total. The van der Waals surface area contributed by atoms with Crippen LogP contribution in [0.3, 0.4) is 0 Å². The highest BCUT2D eigenvalue weighted by atomic mass is 16.5. The summed E-state index contributed by atoms with van der Waals surface area (Å²) in [5.41, 5.74) is 1.51. The molecule has 7 heteroatoms. The van der Waals surface area contributed by atoms with Crippen LogP contribution >= 0.6 is 0 Å². The molecule has 172 valence electrons. The molecule has 0 bridgehead atoms. The normalized spacial score (nSPS) is 18.1. The van der Waals surface area contributed by atoms with Crippen molar-refractivity contribution in [3.8, 4) is 5.75 Å². The van der Waals surface area contributed by atoms with E-state index in [1.165, 1.54) is 0 Å². The molecule has 1 N–H and O–H groups in total. The summed E-state index contributed by atoms with van der Waals surface area (Å²) in [5.74, 6) is 0.180. The van der Waals surface area contributed by atoms with Crippen molar-refractivity contribution in [1.82, 2.24) is 15.1 Å². The number of rotatable bonds is 5. The minimum absolute atomic E-state index is 0.221. The lowest BCUT2D eigenvalue weighted by Gasteiger charge is -2.43. The molecular weight excluding hydrogens is 416 g/mol. The van der Waals surface area contributed by atoms with Crippen LogP contribution in [0.4, 0.5) is 5.69 Å². The molecule has 2 heterocycles. The van der Waals surface area contributed by atoms with E-state index < -0.39 is 5.54 Å². The fraction of sp³-hybridized carbons (Fsp3) is 0.346. The smallest absolute Gasteiger partial charge is 0.277 e. The Kier molecular flexibility index (Phi) is 5.74. The highest BCUT2D eigenvalue weighted by Crippen LogP contribution is 2.35. The van der Waals surface area contributed by atoms with E-state index in [0.717, 1.165) is 11.3 Å². The molecule has 0 saturated carbocycles. The maximum absolute atomic E-state index is 13.8. The van der Waals surface area contributed by atoms with Crippen molar-refractivity contribution in [3.63, 3.8) is 0 Å². The van der Waals surface area contributed by atoms with Crippen LogP contribution in [0.2, 0.25) is 0 Å². The SMILES string of the molecule is COc1ccc(N2C(=O)c3cc(C(C)(C)C)nn3C[C@@]2(C)C(=O)NCc2ccccc2)cc1. The maximum Gasteiger partial charge on any atom is 0.277 e. The Hall–Kier alpha value is -3.61. The Morgan fingerprint density at radius 2 is 1.79 bits per heavy atom. The summed E-state index contributed by atoms with van der Waals surface area (Å²) in [6, 6.07) is 18.7. The van der Waals surface area contributed by atoms with Gasteiger partial charge >= 0.3 is 0 Å². The molecule has 1 aliphatic heterocycles. The lowest BCUT2D eigenvalue weighted by atomic mass is 9.91. The third kappa shape index (κ3) is 4.23. The second-order valence-corrected chi connectivity index (χ2v) is 9.60. The zero-order valence-electron chi connectivity index (χ0n) is 19.8. The number of methoxy groups -OCH3 is 1. The Labute approximate surface area is 194 Å². The Balaban J connectivity index is 1.74. The number of aromatic nitrogens is 2. The van der Waals surface area contributed by atoms with Gasteiger partial charge in [0.2, 0.25) is 5.91 Å². The molecule has 0 unspecified atom stereocenters. The van der Waals surface area contributed by atoms with E-state index in [-0.39, 0.29) is 23.8 Å². The Morgan fingerprint density at radius 1 is 1.12 bits per heavy atom. The van der Waals surface area contributed by atoms with Gasteiger partial charge in [0, 0.05) is 17.6 Å². The molecule has 0 aliphatic carbocycles. The molecule has 4 rings (SSSR count). The monoisotopic (exact) mass is 446 g/mol. The number of carbonyl (C=O) groups is 2. The fourth-order valence-electron chi connectivity index (χ4n) is 4.05. The van der Waals surface area contributed by atoms with Crippen LogP contribution in [0.25, 0.3) is 0 Å². The standard InChI is InChI=1S/C26H30N4O3/c1-25(2,3)22-15-21-23(31)30(19-11-13-20(33-5)14-12-19)26(4,17-29(21)28-22)24(32)27-16-18-9-7-6-8-10-18/h6-15H,16-17H2,1-5H3,(H,27,32)/t26-/m0/s1. The Bertz CT molecular complexity index is 1160. The molecule has 0 spiro atoms. The van der Waals surface area contributed by atoms with E-state index >= 15 is 0 Å². The molecule has 2 amide bonds. The maximum atomic E-state index is 13.8. The van der Waals surface area contributed by atoms with Crippen LogP contribution in [0.15, 0.2) is 60.7 Å². The minimum atomic E-state index is -1.17. The number of fused-ring (bicyclic) bond motifs is 1. The fourth-order valence-corrected chi connectivity index (χ4v) is 4.05. The lowest BCUT2D eigenvalue weighted by Crippen LogP contribution is -2.64. The summed E-state index contributed by atoms with van der Waals surface area (Å²) < 4.78 is 6.94. The molecule has 0 radical (unpaired) electrons. The third-order valence-electron chi connectivity index (χ3n) is 6.04. The van der Waals surface area contributed by atoms with Crippen molar-refractivity contribution in [2.45, 2.75) is 51.7 Å². The zero-order chi connectivity index (χ0) is 23.8. The van der Waals surface area contributed by atoms with Crippen molar-refractivity contribution in [2.24, 2.45) is 0 Å². The molecule has 3 aromatic rings. The van der Waals surface area contributed by atoms with Crippen molar-refractivity contribution in [3.05, 3.63) is 77.6 Å². The first-order valence-corrected chi connectivity index (χ1v) is 11.0. The predicted molar refractivity (Wildman–Crippen MR) is 127 cm³/mol. The first kappa shape index (κ1) is 22.6. The highest BCUT2D eigenvalue weighted by molar-refractivity contribution is 6.11. The number of carbonyl (C=O) groups excluding carboxylic acids is 2. The van der Waals surface area contributed by atoms with Crippen LogP contribution in [0, 0.1) is 0 Å². The van der Waals surface area contributed by atoms with Crippen LogP contribution in [0.1, 0.15) is 49.4 Å². The summed E-state index contributed by atoms with van der Waals surface area (Å²) in [6.45, 7) is 8.57. The van der Waals surface area contributed by atoms with Gasteiger partial charge in [-0.15, -0.1) is 0 Å². The van der Waals surface area contributed by atoms with Gasteiger partial charge in [0.05, 0.1) is 19.3 Å². The number of amides is 2. The first-order chi connectivity index (χ1) is 15.6. The molecule has 1 atom stereocenters. The number of hydrogen-bond acceptors (Lipinski definition) is 4. The van der Waals surface area contributed by atoms with E-state index in [2.05, 4.69) is 26.1 Å². The van der Waals surface area contributed by atoms with E-state index in [1.807, 2.05) is 36.4 Å². The molecule has 1 aliphatic rings. The van der Waals surface area contributed by atoms with Crippen molar-refractivity contribution >= 4 is 17.5 Å². The average Bonchev–Trinajstić information content (AvgIpc) is 3.23. The summed E-state index contributed by atoms with van der Waals surface area (Å²) in [4.78, 5) is 28.9. The highest BCUT2D eigenvalue weighted by Gasteiger charge is 2.49. The molecule has 1 aromatic heterocycles. The second kappa shape index (κ2) is 8.39. The van der Waals surface area contributed by atoms with Gasteiger partial charge in [0.25, 0.3) is 5.91 Å². The molecule has 0 saturated heterocycles. The number of nitrogens with one attached hydrogen (secondary N) is 1. The van der Waals surface area contributed by atoms with Crippen LogP contribution in [-0.4, -0.2) is 34.2 Å². The molecular formula is C26H30N4O3. The van der Waals surface area contributed by atoms with Gasteiger partial charge in [0.1, 0.15) is 17.0 Å². The van der Waals surface area contributed by atoms with Crippen LogP contribution in [0.5, 0.6) is 5.75 Å². The number of benzene rings is 2. The van der Waals surface area contributed by atoms with E-state index in [4.69, 9.17) is 9.84 Å². The summed E-state index contributed by atoms with van der Waals surface area (Å²) in [5, 5.41) is 7.71. The van der Waals surface area contributed by atoms with E-state index in [0.29, 0.717) is 23.7 Å². The quantitative estimate of drug-likeness (QED) is 0.644. The predicted octanol–water partition coefficient (Wildman–Crippen LogP) is 3.92. The van der Waals surface area contributed by atoms with Gasteiger partial charge in [-0.2, -0.15) is 5.10 Å². The molecule has 2 aromatic carbocycles. The minimum Gasteiger partial charge on any atom is -0.497 e. The van der Waals surface area contributed by atoms with Crippen molar-refractivity contribution in [1.29, 1.82) is 0 Å². The van der Waals surface area contributed by atoms with Gasteiger partial charge in [-0.25, -0.2) is 0 Å². The molecule has 33 heavy (non-hydrogen) atoms. The van der Waals surface area contributed by atoms with E-state index in [9.17, 15) is 9.59 Å². The number of nitrogens with zero attached hydrogens (tertiary/aromatic N) is 3. The third-order valence-corrected chi connectivity index (χ3v) is 6.04. The lowest BCUT2D eigenvalue weighted by molar-refractivity contribution is -0.126.